The van der Waals surface area contributed by atoms with Gasteiger partial charge < -0.3 is 9.47 Å². The normalized spacial score (nSPS) is 10.9. The molecule has 0 bridgehead atoms. The number of carbonyl (C=O) groups is 1. The molecule has 0 spiro atoms. The maximum absolute atomic E-state index is 13.0. The van der Waals surface area contributed by atoms with Gasteiger partial charge in [-0.3, -0.25) is 4.40 Å². The molecule has 22 heavy (non-hydrogen) atoms. The molecule has 0 saturated heterocycles. The zero-order valence-corrected chi connectivity index (χ0v) is 12.8. The zero-order chi connectivity index (χ0) is 15.7. The average molecular weight is 320 g/mol. The van der Waals surface area contributed by atoms with Crippen LogP contribution in [0, 0.1) is 12.7 Å². The van der Waals surface area contributed by atoms with E-state index in [9.17, 15) is 9.18 Å². The highest BCUT2D eigenvalue weighted by Gasteiger charge is 2.16. The van der Waals surface area contributed by atoms with E-state index in [-0.39, 0.29) is 12.4 Å². The van der Waals surface area contributed by atoms with Gasteiger partial charge in [0.15, 0.2) is 4.96 Å². The van der Waals surface area contributed by atoms with Gasteiger partial charge in [0.1, 0.15) is 5.82 Å². The van der Waals surface area contributed by atoms with Gasteiger partial charge in [0, 0.05) is 11.8 Å². The molecule has 0 amide bonds. The molecule has 2 aromatic heterocycles. The van der Waals surface area contributed by atoms with Gasteiger partial charge in [-0.2, -0.15) is 0 Å². The first-order valence-corrected chi connectivity index (χ1v) is 7.49. The van der Waals surface area contributed by atoms with Gasteiger partial charge in [-0.15, -0.1) is 0 Å². The highest BCUT2D eigenvalue weighted by Crippen LogP contribution is 2.32. The maximum Gasteiger partial charge on any atom is 0.514 e. The second-order valence-corrected chi connectivity index (χ2v) is 5.49. The number of carbonyl (C=O) groups excluding carboxylic acids is 1. The minimum atomic E-state index is -0.728. The Bertz CT molecular complexity index is 823. The van der Waals surface area contributed by atoms with E-state index in [0.29, 0.717) is 10.0 Å². The van der Waals surface area contributed by atoms with Crippen molar-refractivity contribution in [1.82, 2.24) is 9.38 Å². The highest BCUT2D eigenvalue weighted by atomic mass is 32.1. The van der Waals surface area contributed by atoms with Crippen LogP contribution in [0.1, 0.15) is 12.6 Å². The fraction of sp³-hybridized carbons (Fsp3) is 0.200. The Kier molecular flexibility index (Phi) is 3.81. The fourth-order valence-electron chi connectivity index (χ4n) is 2.01. The van der Waals surface area contributed by atoms with Crippen molar-refractivity contribution in [1.29, 1.82) is 0 Å². The summed E-state index contributed by atoms with van der Waals surface area (Å²) in [4.78, 5) is 16.5. The molecule has 0 atom stereocenters. The summed E-state index contributed by atoms with van der Waals surface area (Å²) >= 11 is 1.25. The maximum atomic E-state index is 13.0. The number of imidazole rings is 1. The van der Waals surface area contributed by atoms with Gasteiger partial charge in [0.05, 0.1) is 18.0 Å². The van der Waals surface area contributed by atoms with Crippen LogP contribution in [0.3, 0.4) is 0 Å². The standard InChI is InChI=1S/C15H13FN2O3S/c1-3-20-15(19)21-13-9(2)18-8-12(17-14(18)22-13)10-4-6-11(16)7-5-10/h4-8H,3H2,1-2H3. The Labute approximate surface area is 129 Å². The summed E-state index contributed by atoms with van der Waals surface area (Å²) in [7, 11) is 0. The number of aryl methyl sites for hydroxylation is 1. The molecule has 0 N–H and O–H groups in total. The van der Waals surface area contributed by atoms with Gasteiger partial charge in [0.25, 0.3) is 0 Å². The van der Waals surface area contributed by atoms with E-state index in [1.54, 1.807) is 19.1 Å². The van der Waals surface area contributed by atoms with Crippen LogP contribution in [0.15, 0.2) is 30.5 Å². The molecule has 0 saturated carbocycles. The first-order valence-electron chi connectivity index (χ1n) is 6.67. The number of benzene rings is 1. The number of halogens is 1. The topological polar surface area (TPSA) is 52.8 Å². The van der Waals surface area contributed by atoms with Crippen LogP contribution < -0.4 is 4.74 Å². The van der Waals surface area contributed by atoms with Crippen molar-refractivity contribution in [2.75, 3.05) is 6.61 Å². The molecule has 5 nitrogen and oxygen atoms in total. The third kappa shape index (κ3) is 2.67. The lowest BCUT2D eigenvalue weighted by atomic mass is 10.2. The van der Waals surface area contributed by atoms with Crippen LogP contribution >= 0.6 is 11.3 Å². The summed E-state index contributed by atoms with van der Waals surface area (Å²) in [6.07, 6.45) is 1.10. The van der Waals surface area contributed by atoms with Crippen LogP contribution in [0.2, 0.25) is 0 Å². The average Bonchev–Trinajstić information content (AvgIpc) is 3.01. The largest absolute Gasteiger partial charge is 0.514 e. The van der Waals surface area contributed by atoms with Crippen LogP contribution in [-0.2, 0) is 4.74 Å². The number of ether oxygens (including phenoxy) is 2. The molecule has 7 heteroatoms. The lowest BCUT2D eigenvalue weighted by molar-refractivity contribution is 0.105. The summed E-state index contributed by atoms with van der Waals surface area (Å²) in [6.45, 7) is 3.80. The molecule has 0 unspecified atom stereocenters. The monoisotopic (exact) mass is 320 g/mol. The Balaban J connectivity index is 1.92. The number of hydrogen-bond acceptors (Lipinski definition) is 5. The Morgan fingerprint density at radius 2 is 2.09 bits per heavy atom. The molecule has 0 radical (unpaired) electrons. The van der Waals surface area contributed by atoms with Gasteiger partial charge in [0.2, 0.25) is 5.06 Å². The minimum absolute atomic E-state index is 0.259. The Morgan fingerprint density at radius 3 is 2.73 bits per heavy atom. The summed E-state index contributed by atoms with van der Waals surface area (Å²) in [5, 5.41) is 0.451. The van der Waals surface area contributed by atoms with Crippen LogP contribution in [0.25, 0.3) is 16.2 Å². The molecular weight excluding hydrogens is 307 g/mol. The van der Waals surface area contributed by atoms with E-state index in [4.69, 9.17) is 9.47 Å². The van der Waals surface area contributed by atoms with Gasteiger partial charge in [-0.05, 0) is 38.1 Å². The van der Waals surface area contributed by atoms with Crippen LogP contribution in [-0.4, -0.2) is 22.1 Å². The summed E-state index contributed by atoms with van der Waals surface area (Å²) in [5.41, 5.74) is 2.32. The van der Waals surface area contributed by atoms with Gasteiger partial charge >= 0.3 is 6.16 Å². The summed E-state index contributed by atoms with van der Waals surface area (Å²) in [6, 6.07) is 6.14. The van der Waals surface area contributed by atoms with Crippen molar-refractivity contribution in [3.05, 3.63) is 42.0 Å². The molecule has 0 aliphatic carbocycles. The SMILES string of the molecule is CCOC(=O)Oc1sc2nc(-c3ccc(F)cc3)cn2c1C. The van der Waals surface area contributed by atoms with Crippen molar-refractivity contribution in [2.45, 2.75) is 13.8 Å². The van der Waals surface area contributed by atoms with Crippen molar-refractivity contribution in [3.8, 4) is 16.3 Å². The Hall–Kier alpha value is -2.41. The second kappa shape index (κ2) is 5.76. The lowest BCUT2D eigenvalue weighted by Gasteiger charge is -2.02. The number of thiazole rings is 1. The van der Waals surface area contributed by atoms with Gasteiger partial charge in [-0.25, -0.2) is 14.2 Å². The quantitative estimate of drug-likeness (QED) is 0.683. The summed E-state index contributed by atoms with van der Waals surface area (Å²) < 4.78 is 24.7. The molecule has 0 aliphatic heterocycles. The number of rotatable bonds is 3. The van der Waals surface area contributed by atoms with E-state index in [1.165, 1.54) is 23.5 Å². The van der Waals surface area contributed by atoms with E-state index < -0.39 is 6.16 Å². The van der Waals surface area contributed by atoms with E-state index in [1.807, 2.05) is 17.5 Å². The van der Waals surface area contributed by atoms with E-state index in [2.05, 4.69) is 4.98 Å². The van der Waals surface area contributed by atoms with E-state index >= 15 is 0 Å². The molecule has 0 fully saturated rings. The second-order valence-electron chi connectivity index (χ2n) is 4.55. The van der Waals surface area contributed by atoms with Crippen LogP contribution in [0.5, 0.6) is 5.06 Å². The lowest BCUT2D eigenvalue weighted by Crippen LogP contribution is -2.09. The minimum Gasteiger partial charge on any atom is -0.434 e. The molecule has 0 aliphatic rings. The molecule has 3 rings (SSSR count). The molecule has 114 valence electrons. The number of aromatic nitrogens is 2. The highest BCUT2D eigenvalue weighted by molar-refractivity contribution is 7.19. The fourth-order valence-corrected chi connectivity index (χ4v) is 2.96. The molecule has 2 heterocycles. The number of hydrogen-bond donors (Lipinski definition) is 0. The molecule has 3 aromatic rings. The van der Waals surface area contributed by atoms with Crippen molar-refractivity contribution >= 4 is 22.5 Å². The smallest absolute Gasteiger partial charge is 0.434 e. The number of fused-ring (bicyclic) bond motifs is 1. The third-order valence-corrected chi connectivity index (χ3v) is 4.13. The van der Waals surface area contributed by atoms with E-state index in [0.717, 1.165) is 17.0 Å². The van der Waals surface area contributed by atoms with Crippen molar-refractivity contribution in [3.63, 3.8) is 0 Å². The first-order chi connectivity index (χ1) is 10.6. The Morgan fingerprint density at radius 1 is 1.36 bits per heavy atom. The van der Waals surface area contributed by atoms with Crippen molar-refractivity contribution in [2.24, 2.45) is 0 Å². The zero-order valence-electron chi connectivity index (χ0n) is 12.0. The molecular formula is C15H13FN2O3S. The van der Waals surface area contributed by atoms with Gasteiger partial charge in [-0.1, -0.05) is 11.3 Å². The number of nitrogens with zero attached hydrogens (tertiary/aromatic N) is 2. The third-order valence-electron chi connectivity index (χ3n) is 3.09. The first kappa shape index (κ1) is 14.5. The summed E-state index contributed by atoms with van der Waals surface area (Å²) in [5.74, 6) is -0.286. The van der Waals surface area contributed by atoms with Crippen LogP contribution in [0.4, 0.5) is 9.18 Å². The predicted octanol–water partition coefficient (Wildman–Crippen LogP) is 4.05. The van der Waals surface area contributed by atoms with Crippen molar-refractivity contribution < 1.29 is 18.7 Å². The molecule has 1 aromatic carbocycles. The predicted molar refractivity (Wildman–Crippen MR) is 80.9 cm³/mol.